The van der Waals surface area contributed by atoms with E-state index < -0.39 is 24.0 Å². The van der Waals surface area contributed by atoms with E-state index in [0.717, 1.165) is 0 Å². The molecule has 3 atom stereocenters. The molecular formula is C11H17N3O5. The van der Waals surface area contributed by atoms with E-state index in [1.54, 1.807) is 0 Å². The molecule has 8 nitrogen and oxygen atoms in total. The van der Waals surface area contributed by atoms with Crippen molar-refractivity contribution in [2.75, 3.05) is 19.8 Å². The summed E-state index contributed by atoms with van der Waals surface area (Å²) in [5.74, 6) is -1.70. The van der Waals surface area contributed by atoms with Crippen LogP contribution in [0, 0.1) is 5.92 Å². The molecule has 0 aliphatic carbocycles. The molecule has 2 aliphatic heterocycles. The summed E-state index contributed by atoms with van der Waals surface area (Å²) < 4.78 is 5.04. The molecule has 19 heavy (non-hydrogen) atoms. The number of ether oxygens (including phenoxy) is 1. The van der Waals surface area contributed by atoms with E-state index in [9.17, 15) is 14.4 Å². The van der Waals surface area contributed by atoms with Gasteiger partial charge in [0, 0.05) is 19.0 Å². The minimum absolute atomic E-state index is 0.0117. The van der Waals surface area contributed by atoms with Crippen LogP contribution in [0.1, 0.15) is 12.8 Å². The first-order valence-electron chi connectivity index (χ1n) is 6.20. The van der Waals surface area contributed by atoms with Gasteiger partial charge in [-0.2, -0.15) is 0 Å². The quantitative estimate of drug-likeness (QED) is 0.505. The van der Waals surface area contributed by atoms with Gasteiger partial charge in [0.05, 0.1) is 19.3 Å². The Morgan fingerprint density at radius 1 is 1.42 bits per heavy atom. The topological polar surface area (TPSA) is 117 Å². The Hall–Kier alpha value is -1.83. The largest absolute Gasteiger partial charge is 0.481 e. The van der Waals surface area contributed by atoms with Gasteiger partial charge in [-0.15, -0.1) is 0 Å². The van der Waals surface area contributed by atoms with Crippen LogP contribution in [0.25, 0.3) is 0 Å². The molecule has 0 aromatic rings. The number of nitrogens with one attached hydrogen (secondary N) is 3. The molecule has 0 radical (unpaired) electrons. The van der Waals surface area contributed by atoms with Crippen molar-refractivity contribution >= 4 is 17.9 Å². The smallest absolute Gasteiger partial charge is 0.315 e. The van der Waals surface area contributed by atoms with Crippen LogP contribution in [0.4, 0.5) is 4.79 Å². The number of rotatable bonds is 4. The maximum Gasteiger partial charge on any atom is 0.315 e. The maximum absolute atomic E-state index is 11.6. The fourth-order valence-electron chi connectivity index (χ4n) is 2.21. The molecule has 2 rings (SSSR count). The van der Waals surface area contributed by atoms with Crippen molar-refractivity contribution in [3.05, 3.63) is 0 Å². The summed E-state index contributed by atoms with van der Waals surface area (Å²) in [6, 6.07) is -1.01. The van der Waals surface area contributed by atoms with E-state index in [1.807, 2.05) is 0 Å². The second-order valence-electron chi connectivity index (χ2n) is 4.75. The van der Waals surface area contributed by atoms with Crippen molar-refractivity contribution in [2.45, 2.75) is 24.9 Å². The van der Waals surface area contributed by atoms with Crippen LogP contribution in [0.15, 0.2) is 0 Å². The van der Waals surface area contributed by atoms with Gasteiger partial charge in [-0.3, -0.25) is 9.59 Å². The van der Waals surface area contributed by atoms with Crippen LogP contribution in [0.3, 0.4) is 0 Å². The van der Waals surface area contributed by atoms with E-state index in [2.05, 4.69) is 16.0 Å². The molecule has 0 saturated carbocycles. The van der Waals surface area contributed by atoms with E-state index in [4.69, 9.17) is 9.84 Å². The highest BCUT2D eigenvalue weighted by molar-refractivity contribution is 5.79. The predicted molar refractivity (Wildman–Crippen MR) is 63.4 cm³/mol. The fourth-order valence-corrected chi connectivity index (χ4v) is 2.21. The normalized spacial score (nSPS) is 29.9. The third-order valence-electron chi connectivity index (χ3n) is 3.31. The Labute approximate surface area is 109 Å². The minimum Gasteiger partial charge on any atom is -0.481 e. The summed E-state index contributed by atoms with van der Waals surface area (Å²) in [6.07, 6.45) is 1.18. The summed E-state index contributed by atoms with van der Waals surface area (Å²) in [7, 11) is 0. The number of carbonyl (C=O) groups is 3. The molecule has 4 N–H and O–H groups in total. The summed E-state index contributed by atoms with van der Waals surface area (Å²) in [6.45, 7) is 0.645. The fraction of sp³-hybridized carbons (Fsp3) is 0.727. The number of urea groups is 1. The summed E-state index contributed by atoms with van der Waals surface area (Å²) >= 11 is 0. The molecule has 0 aromatic carbocycles. The number of hydrogen-bond acceptors (Lipinski definition) is 4. The van der Waals surface area contributed by atoms with Crippen molar-refractivity contribution in [1.82, 2.24) is 16.0 Å². The van der Waals surface area contributed by atoms with Crippen molar-refractivity contribution in [2.24, 2.45) is 5.92 Å². The average molecular weight is 271 g/mol. The molecule has 2 aliphatic rings. The van der Waals surface area contributed by atoms with Gasteiger partial charge >= 0.3 is 12.0 Å². The number of carboxylic acid groups (broad SMARTS) is 1. The lowest BCUT2D eigenvalue weighted by atomic mass is 10.0. The molecule has 0 spiro atoms. The van der Waals surface area contributed by atoms with Crippen LogP contribution in [0.2, 0.25) is 0 Å². The Morgan fingerprint density at radius 3 is 2.84 bits per heavy atom. The van der Waals surface area contributed by atoms with E-state index in [0.29, 0.717) is 19.4 Å². The monoisotopic (exact) mass is 271 g/mol. The standard InChI is InChI=1S/C11H17N3O5/c15-9-2-1-6(13-9)3-12-11(18)14-8-5-19-4-7(8)10(16)17/h6-8H,1-5H2,(H,13,15)(H,16,17)(H2,12,14,18). The Kier molecular flexibility index (Phi) is 4.20. The molecule has 106 valence electrons. The zero-order valence-corrected chi connectivity index (χ0v) is 10.3. The Morgan fingerprint density at radius 2 is 2.21 bits per heavy atom. The van der Waals surface area contributed by atoms with Crippen LogP contribution >= 0.6 is 0 Å². The second-order valence-corrected chi connectivity index (χ2v) is 4.75. The summed E-state index contributed by atoms with van der Waals surface area (Å²) in [4.78, 5) is 33.5. The lowest BCUT2D eigenvalue weighted by molar-refractivity contribution is -0.142. The van der Waals surface area contributed by atoms with Crippen LogP contribution in [-0.4, -0.2) is 54.9 Å². The molecule has 3 amide bonds. The molecule has 8 heteroatoms. The minimum atomic E-state index is -0.981. The molecular weight excluding hydrogens is 254 g/mol. The highest BCUT2D eigenvalue weighted by Gasteiger charge is 2.35. The lowest BCUT2D eigenvalue weighted by Crippen LogP contribution is -2.49. The Balaban J connectivity index is 1.72. The molecule has 2 fully saturated rings. The van der Waals surface area contributed by atoms with Gasteiger partial charge in [0.25, 0.3) is 0 Å². The molecule has 0 aromatic heterocycles. The summed E-state index contributed by atoms with van der Waals surface area (Å²) in [5.41, 5.74) is 0. The number of carboxylic acids is 1. The predicted octanol–water partition coefficient (Wildman–Crippen LogP) is -1.34. The van der Waals surface area contributed by atoms with Gasteiger partial charge in [0.15, 0.2) is 0 Å². The van der Waals surface area contributed by atoms with E-state index in [-0.39, 0.29) is 25.2 Å². The first-order valence-corrected chi connectivity index (χ1v) is 6.20. The van der Waals surface area contributed by atoms with Gasteiger partial charge < -0.3 is 25.8 Å². The zero-order chi connectivity index (χ0) is 13.8. The summed E-state index contributed by atoms with van der Waals surface area (Å²) in [5, 5.41) is 16.9. The molecule has 0 bridgehead atoms. The molecule has 2 heterocycles. The molecule has 2 saturated heterocycles. The number of aliphatic carboxylic acids is 1. The van der Waals surface area contributed by atoms with Crippen molar-refractivity contribution in [1.29, 1.82) is 0 Å². The van der Waals surface area contributed by atoms with Crippen molar-refractivity contribution in [3.8, 4) is 0 Å². The maximum atomic E-state index is 11.6. The van der Waals surface area contributed by atoms with Gasteiger partial charge in [0.1, 0.15) is 5.92 Å². The van der Waals surface area contributed by atoms with E-state index in [1.165, 1.54) is 0 Å². The SMILES string of the molecule is O=C1CCC(CNC(=O)NC2COCC2C(=O)O)N1. The van der Waals surface area contributed by atoms with Gasteiger partial charge in [-0.1, -0.05) is 0 Å². The number of carbonyl (C=O) groups excluding carboxylic acids is 2. The lowest BCUT2D eigenvalue weighted by Gasteiger charge is -2.17. The number of hydrogen-bond donors (Lipinski definition) is 4. The second kappa shape index (κ2) is 5.87. The first kappa shape index (κ1) is 13.6. The van der Waals surface area contributed by atoms with Gasteiger partial charge in [-0.25, -0.2) is 4.79 Å². The Bertz CT molecular complexity index is 387. The third-order valence-corrected chi connectivity index (χ3v) is 3.31. The highest BCUT2D eigenvalue weighted by Crippen LogP contribution is 2.13. The third kappa shape index (κ3) is 3.57. The van der Waals surface area contributed by atoms with Crippen LogP contribution in [0.5, 0.6) is 0 Å². The first-order chi connectivity index (χ1) is 9.06. The average Bonchev–Trinajstić information content (AvgIpc) is 2.95. The number of amides is 3. The van der Waals surface area contributed by atoms with Crippen LogP contribution in [-0.2, 0) is 14.3 Å². The zero-order valence-electron chi connectivity index (χ0n) is 10.3. The molecule has 3 unspecified atom stereocenters. The van der Waals surface area contributed by atoms with Crippen LogP contribution < -0.4 is 16.0 Å². The highest BCUT2D eigenvalue weighted by atomic mass is 16.5. The van der Waals surface area contributed by atoms with E-state index >= 15 is 0 Å². The van der Waals surface area contributed by atoms with Crippen molar-refractivity contribution < 1.29 is 24.2 Å². The van der Waals surface area contributed by atoms with Crippen molar-refractivity contribution in [3.63, 3.8) is 0 Å². The van der Waals surface area contributed by atoms with Gasteiger partial charge in [0.2, 0.25) is 5.91 Å². The van der Waals surface area contributed by atoms with Gasteiger partial charge in [-0.05, 0) is 6.42 Å².